The van der Waals surface area contributed by atoms with Crippen LogP contribution in [0.1, 0.15) is 16.7 Å². The van der Waals surface area contributed by atoms with E-state index in [9.17, 15) is 4.79 Å². The number of aryl methyl sites for hydroxylation is 2. The second-order valence-electron chi connectivity index (χ2n) is 6.41. The standard InChI is InChI=1S/C20H23BrN2O/c1-15-4-3-5-16(2)20(15)23-12-10-22(11-13-23)19(24)14-17-6-8-18(21)9-7-17/h3-9H,10-14H2,1-2H3. The van der Waals surface area contributed by atoms with E-state index in [4.69, 9.17) is 0 Å². The lowest BCUT2D eigenvalue weighted by Crippen LogP contribution is -2.49. The molecule has 1 fully saturated rings. The highest BCUT2D eigenvalue weighted by Crippen LogP contribution is 2.25. The summed E-state index contributed by atoms with van der Waals surface area (Å²) in [7, 11) is 0. The van der Waals surface area contributed by atoms with Gasteiger partial charge in [-0.1, -0.05) is 46.3 Å². The molecule has 3 nitrogen and oxygen atoms in total. The molecule has 0 radical (unpaired) electrons. The Hall–Kier alpha value is -1.81. The largest absolute Gasteiger partial charge is 0.368 e. The molecule has 0 atom stereocenters. The SMILES string of the molecule is Cc1cccc(C)c1N1CCN(C(=O)Cc2ccc(Br)cc2)CC1. The molecule has 0 N–H and O–H groups in total. The van der Waals surface area contributed by atoms with Crippen molar-refractivity contribution in [3.63, 3.8) is 0 Å². The molecule has 4 heteroatoms. The van der Waals surface area contributed by atoms with Gasteiger partial charge in [-0.15, -0.1) is 0 Å². The fourth-order valence-electron chi connectivity index (χ4n) is 3.37. The minimum absolute atomic E-state index is 0.221. The Bertz CT molecular complexity index is 699. The van der Waals surface area contributed by atoms with Gasteiger partial charge in [0, 0.05) is 36.3 Å². The molecule has 1 aliphatic heterocycles. The van der Waals surface area contributed by atoms with E-state index in [1.807, 2.05) is 29.2 Å². The minimum Gasteiger partial charge on any atom is -0.368 e. The maximum Gasteiger partial charge on any atom is 0.227 e. The molecule has 0 bridgehead atoms. The van der Waals surface area contributed by atoms with Crippen LogP contribution in [-0.2, 0) is 11.2 Å². The van der Waals surface area contributed by atoms with Crippen LogP contribution in [0.3, 0.4) is 0 Å². The Kier molecular flexibility index (Phi) is 5.24. The smallest absolute Gasteiger partial charge is 0.227 e. The highest BCUT2D eigenvalue weighted by molar-refractivity contribution is 9.10. The third-order valence-electron chi connectivity index (χ3n) is 4.66. The first kappa shape index (κ1) is 17.0. The third-order valence-corrected chi connectivity index (χ3v) is 5.19. The molecule has 1 saturated heterocycles. The van der Waals surface area contributed by atoms with E-state index in [2.05, 4.69) is 52.9 Å². The normalized spacial score (nSPS) is 14.8. The molecular formula is C20H23BrN2O. The highest BCUT2D eigenvalue weighted by atomic mass is 79.9. The zero-order chi connectivity index (χ0) is 17.1. The number of carbonyl (C=O) groups is 1. The first-order valence-corrected chi connectivity index (χ1v) is 9.17. The van der Waals surface area contributed by atoms with Crippen LogP contribution in [0.4, 0.5) is 5.69 Å². The van der Waals surface area contributed by atoms with Crippen molar-refractivity contribution < 1.29 is 4.79 Å². The molecule has 1 aliphatic rings. The van der Waals surface area contributed by atoms with E-state index in [0.717, 1.165) is 36.2 Å². The fourth-order valence-corrected chi connectivity index (χ4v) is 3.64. The maximum absolute atomic E-state index is 12.5. The average Bonchev–Trinajstić information content (AvgIpc) is 2.57. The van der Waals surface area contributed by atoms with Crippen LogP contribution in [0.2, 0.25) is 0 Å². The summed E-state index contributed by atoms with van der Waals surface area (Å²) in [4.78, 5) is 16.9. The summed E-state index contributed by atoms with van der Waals surface area (Å²) in [6.45, 7) is 7.71. The number of benzene rings is 2. The molecule has 1 amide bonds. The summed E-state index contributed by atoms with van der Waals surface area (Å²) in [6.07, 6.45) is 0.483. The molecule has 0 aliphatic carbocycles. The summed E-state index contributed by atoms with van der Waals surface area (Å²) in [5.41, 5.74) is 5.02. The third kappa shape index (κ3) is 3.81. The van der Waals surface area contributed by atoms with Gasteiger partial charge < -0.3 is 9.80 Å². The number of halogens is 1. The summed E-state index contributed by atoms with van der Waals surface area (Å²) in [5, 5.41) is 0. The molecule has 126 valence electrons. The molecule has 0 aromatic heterocycles. The van der Waals surface area contributed by atoms with E-state index in [-0.39, 0.29) is 5.91 Å². The van der Waals surface area contributed by atoms with Gasteiger partial charge in [0.05, 0.1) is 6.42 Å². The molecule has 2 aromatic carbocycles. The lowest BCUT2D eigenvalue weighted by atomic mass is 10.1. The molecule has 2 aromatic rings. The molecule has 3 rings (SSSR count). The van der Waals surface area contributed by atoms with Crippen LogP contribution in [0.25, 0.3) is 0 Å². The molecule has 0 saturated carbocycles. The molecule has 24 heavy (non-hydrogen) atoms. The number of anilines is 1. The number of hydrogen-bond acceptors (Lipinski definition) is 2. The summed E-state index contributed by atoms with van der Waals surface area (Å²) < 4.78 is 1.04. The molecule has 0 spiro atoms. The zero-order valence-electron chi connectivity index (χ0n) is 14.3. The van der Waals surface area contributed by atoms with Gasteiger partial charge in [-0.05, 0) is 42.7 Å². The predicted molar refractivity (Wildman–Crippen MR) is 103 cm³/mol. The molecule has 0 unspecified atom stereocenters. The lowest BCUT2D eigenvalue weighted by molar-refractivity contribution is -0.130. The summed E-state index contributed by atoms with van der Waals surface area (Å²) >= 11 is 3.43. The highest BCUT2D eigenvalue weighted by Gasteiger charge is 2.22. The van der Waals surface area contributed by atoms with E-state index in [0.29, 0.717) is 6.42 Å². The van der Waals surface area contributed by atoms with E-state index >= 15 is 0 Å². The first-order valence-electron chi connectivity index (χ1n) is 8.38. The van der Waals surface area contributed by atoms with Gasteiger partial charge >= 0.3 is 0 Å². The van der Waals surface area contributed by atoms with Gasteiger partial charge in [-0.3, -0.25) is 4.79 Å². The van der Waals surface area contributed by atoms with E-state index in [1.165, 1.54) is 16.8 Å². The van der Waals surface area contributed by atoms with E-state index < -0.39 is 0 Å². The number of piperazine rings is 1. The Morgan fingerprint density at radius 3 is 2.12 bits per heavy atom. The van der Waals surface area contributed by atoms with Crippen LogP contribution >= 0.6 is 15.9 Å². The molecule has 1 heterocycles. The number of para-hydroxylation sites is 1. The quantitative estimate of drug-likeness (QED) is 0.796. The number of rotatable bonds is 3. The Balaban J connectivity index is 1.60. The van der Waals surface area contributed by atoms with Gasteiger partial charge in [-0.25, -0.2) is 0 Å². The minimum atomic E-state index is 0.221. The number of amides is 1. The zero-order valence-corrected chi connectivity index (χ0v) is 15.8. The molecular weight excluding hydrogens is 364 g/mol. The lowest BCUT2D eigenvalue weighted by Gasteiger charge is -2.37. The van der Waals surface area contributed by atoms with Crippen molar-refractivity contribution in [1.29, 1.82) is 0 Å². The van der Waals surface area contributed by atoms with Crippen molar-refractivity contribution in [2.24, 2.45) is 0 Å². The number of carbonyl (C=O) groups excluding carboxylic acids is 1. The fraction of sp³-hybridized carbons (Fsp3) is 0.350. The van der Waals surface area contributed by atoms with Crippen molar-refractivity contribution in [2.45, 2.75) is 20.3 Å². The summed E-state index contributed by atoms with van der Waals surface area (Å²) in [6, 6.07) is 14.4. The monoisotopic (exact) mass is 386 g/mol. The van der Waals surface area contributed by atoms with Crippen molar-refractivity contribution in [3.8, 4) is 0 Å². The van der Waals surface area contributed by atoms with Crippen LogP contribution < -0.4 is 4.90 Å². The van der Waals surface area contributed by atoms with Gasteiger partial charge in [0.25, 0.3) is 0 Å². The van der Waals surface area contributed by atoms with Crippen molar-refractivity contribution >= 4 is 27.5 Å². The van der Waals surface area contributed by atoms with Gasteiger partial charge in [0.15, 0.2) is 0 Å². The second-order valence-corrected chi connectivity index (χ2v) is 7.33. The van der Waals surface area contributed by atoms with Gasteiger partial charge in [0.1, 0.15) is 0 Å². The van der Waals surface area contributed by atoms with Gasteiger partial charge in [0.2, 0.25) is 5.91 Å². The first-order chi connectivity index (χ1) is 11.5. The predicted octanol–water partition coefficient (Wildman–Crippen LogP) is 3.96. The number of nitrogens with zero attached hydrogens (tertiary/aromatic N) is 2. The summed E-state index contributed by atoms with van der Waals surface area (Å²) in [5.74, 6) is 0.221. The second kappa shape index (κ2) is 7.39. The van der Waals surface area contributed by atoms with Crippen LogP contribution in [-0.4, -0.2) is 37.0 Å². The Labute approximate surface area is 152 Å². The average molecular weight is 387 g/mol. The van der Waals surface area contributed by atoms with E-state index in [1.54, 1.807) is 0 Å². The Morgan fingerprint density at radius 2 is 1.54 bits per heavy atom. The van der Waals surface area contributed by atoms with Crippen LogP contribution in [0, 0.1) is 13.8 Å². The topological polar surface area (TPSA) is 23.6 Å². The van der Waals surface area contributed by atoms with Crippen LogP contribution in [0.5, 0.6) is 0 Å². The number of hydrogen-bond donors (Lipinski definition) is 0. The van der Waals surface area contributed by atoms with Crippen molar-refractivity contribution in [2.75, 3.05) is 31.1 Å². The Morgan fingerprint density at radius 1 is 0.958 bits per heavy atom. The maximum atomic E-state index is 12.5. The van der Waals surface area contributed by atoms with Crippen molar-refractivity contribution in [3.05, 3.63) is 63.6 Å². The van der Waals surface area contributed by atoms with Gasteiger partial charge in [-0.2, -0.15) is 0 Å². The van der Waals surface area contributed by atoms with Crippen molar-refractivity contribution in [1.82, 2.24) is 4.90 Å². The van der Waals surface area contributed by atoms with Crippen LogP contribution in [0.15, 0.2) is 46.9 Å².